The summed E-state index contributed by atoms with van der Waals surface area (Å²) < 4.78 is 0. The van der Waals surface area contributed by atoms with E-state index >= 15 is 0 Å². The van der Waals surface area contributed by atoms with E-state index in [1.807, 2.05) is 6.08 Å². The summed E-state index contributed by atoms with van der Waals surface area (Å²) in [4.78, 5) is 5.25. The van der Waals surface area contributed by atoms with Crippen LogP contribution in [-0.2, 0) is 4.84 Å². The molecule has 0 radical (unpaired) electrons. The van der Waals surface area contributed by atoms with Crippen molar-refractivity contribution >= 4 is 17.2 Å². The molecule has 0 aromatic heterocycles. The molecule has 0 saturated carbocycles. The molecule has 0 fully saturated rings. The van der Waals surface area contributed by atoms with Gasteiger partial charge in [0.1, 0.15) is 4.99 Å². The zero-order chi connectivity index (χ0) is 8.69. The Hall–Kier alpha value is -0.410. The van der Waals surface area contributed by atoms with Crippen LogP contribution >= 0.6 is 12.2 Å². The minimum absolute atomic E-state index is 0.576. The number of hydrogen-bond donors (Lipinski definition) is 1. The van der Waals surface area contributed by atoms with Gasteiger partial charge in [0.15, 0.2) is 0 Å². The van der Waals surface area contributed by atoms with Gasteiger partial charge in [-0.1, -0.05) is 38.6 Å². The Balaban J connectivity index is 3.63. The average molecular weight is 173 g/mol. The zero-order valence-corrected chi connectivity index (χ0v) is 8.07. The molecule has 0 rings (SSSR count). The van der Waals surface area contributed by atoms with E-state index in [0.717, 1.165) is 6.42 Å². The van der Waals surface area contributed by atoms with Crippen LogP contribution in [0.4, 0.5) is 0 Å². The molecule has 0 aliphatic heterocycles. The molecule has 3 heteroatoms. The molecule has 0 aromatic rings. The maximum atomic E-state index is 4.90. The summed E-state index contributed by atoms with van der Waals surface area (Å²) in [5.41, 5.74) is 2.57. The van der Waals surface area contributed by atoms with Gasteiger partial charge in [0.05, 0.1) is 7.11 Å². The molecule has 2 nitrogen and oxygen atoms in total. The second kappa shape index (κ2) is 6.31. The summed E-state index contributed by atoms with van der Waals surface area (Å²) in [7, 11) is 1.55. The molecular weight excluding hydrogens is 158 g/mol. The first-order valence-corrected chi connectivity index (χ1v) is 4.12. The second-order valence-corrected chi connectivity index (χ2v) is 2.85. The van der Waals surface area contributed by atoms with Gasteiger partial charge in [-0.3, -0.25) is 10.3 Å². The van der Waals surface area contributed by atoms with Gasteiger partial charge < -0.3 is 0 Å². The minimum atomic E-state index is 0.576. The fourth-order valence-corrected chi connectivity index (χ4v) is 0.684. The Kier molecular flexibility index (Phi) is 6.07. The van der Waals surface area contributed by atoms with E-state index in [9.17, 15) is 0 Å². The third-order valence-corrected chi connectivity index (χ3v) is 1.64. The van der Waals surface area contributed by atoms with Crippen molar-refractivity contribution in [2.75, 3.05) is 7.11 Å². The predicted molar refractivity (Wildman–Crippen MR) is 51.3 cm³/mol. The molecule has 0 amide bonds. The summed E-state index contributed by atoms with van der Waals surface area (Å²) in [6, 6.07) is 0. The highest BCUT2D eigenvalue weighted by atomic mass is 32.1. The summed E-state index contributed by atoms with van der Waals surface area (Å²) in [6.45, 7) is 4.29. The number of allylic oxidation sites excluding steroid dienone is 1. The van der Waals surface area contributed by atoms with Crippen molar-refractivity contribution in [3.05, 3.63) is 12.2 Å². The summed E-state index contributed by atoms with van der Waals surface area (Å²) in [6.07, 6.45) is 5.05. The van der Waals surface area contributed by atoms with Gasteiger partial charge in [-0.15, -0.1) is 0 Å². The molecule has 0 heterocycles. The SMILES string of the molecule is CCC(C)/C=C\C(=S)NOC. The quantitative estimate of drug-likeness (QED) is 0.399. The van der Waals surface area contributed by atoms with E-state index in [1.165, 1.54) is 0 Å². The fourth-order valence-electron chi connectivity index (χ4n) is 0.522. The summed E-state index contributed by atoms with van der Waals surface area (Å²) in [5.74, 6) is 0.576. The van der Waals surface area contributed by atoms with Gasteiger partial charge in [-0.2, -0.15) is 0 Å². The van der Waals surface area contributed by atoms with E-state index < -0.39 is 0 Å². The minimum Gasteiger partial charge on any atom is -0.279 e. The van der Waals surface area contributed by atoms with Crippen LogP contribution in [0.1, 0.15) is 20.3 Å². The lowest BCUT2D eigenvalue weighted by molar-refractivity contribution is 0.147. The van der Waals surface area contributed by atoms with Crippen LogP contribution < -0.4 is 5.48 Å². The van der Waals surface area contributed by atoms with Gasteiger partial charge in [0.25, 0.3) is 0 Å². The molecule has 0 aromatic carbocycles. The third kappa shape index (κ3) is 6.01. The molecular formula is C8H15NOS. The number of hydrogen-bond acceptors (Lipinski definition) is 2. The molecule has 11 heavy (non-hydrogen) atoms. The molecule has 0 aliphatic carbocycles. The van der Waals surface area contributed by atoms with Crippen LogP contribution in [-0.4, -0.2) is 12.1 Å². The lowest BCUT2D eigenvalue weighted by atomic mass is 10.1. The number of hydroxylamine groups is 1. The zero-order valence-electron chi connectivity index (χ0n) is 7.26. The van der Waals surface area contributed by atoms with E-state index in [4.69, 9.17) is 12.2 Å². The second-order valence-electron chi connectivity index (χ2n) is 2.42. The van der Waals surface area contributed by atoms with Crippen LogP contribution in [0.3, 0.4) is 0 Å². The molecule has 0 spiro atoms. The highest BCUT2D eigenvalue weighted by molar-refractivity contribution is 7.80. The van der Waals surface area contributed by atoms with Crippen LogP contribution in [0.25, 0.3) is 0 Å². The standard InChI is InChI=1S/C8H15NOS/c1-4-7(2)5-6-8(11)9-10-3/h5-7H,4H2,1-3H3,(H,9,11)/b6-5-. The van der Waals surface area contributed by atoms with E-state index in [-0.39, 0.29) is 0 Å². The van der Waals surface area contributed by atoms with Crippen molar-refractivity contribution in [2.24, 2.45) is 5.92 Å². The number of thiocarbonyl (C=S) groups is 1. The van der Waals surface area contributed by atoms with Gasteiger partial charge in [-0.25, -0.2) is 0 Å². The molecule has 1 atom stereocenters. The third-order valence-electron chi connectivity index (χ3n) is 1.42. The van der Waals surface area contributed by atoms with E-state index in [2.05, 4.69) is 30.2 Å². The van der Waals surface area contributed by atoms with Crippen molar-refractivity contribution in [1.29, 1.82) is 0 Å². The topological polar surface area (TPSA) is 21.3 Å². The van der Waals surface area contributed by atoms with Crippen LogP contribution in [0, 0.1) is 5.92 Å². The van der Waals surface area contributed by atoms with Gasteiger partial charge in [0.2, 0.25) is 0 Å². The molecule has 0 bridgehead atoms. The van der Waals surface area contributed by atoms with Crippen molar-refractivity contribution in [3.63, 3.8) is 0 Å². The first kappa shape index (κ1) is 10.6. The van der Waals surface area contributed by atoms with Gasteiger partial charge in [-0.05, 0) is 12.0 Å². The van der Waals surface area contributed by atoms with Gasteiger partial charge >= 0.3 is 0 Å². The lowest BCUT2D eigenvalue weighted by Gasteiger charge is -2.01. The van der Waals surface area contributed by atoms with Crippen molar-refractivity contribution in [2.45, 2.75) is 20.3 Å². The summed E-state index contributed by atoms with van der Waals surface area (Å²) >= 11 is 4.90. The fraction of sp³-hybridized carbons (Fsp3) is 0.625. The largest absolute Gasteiger partial charge is 0.279 e. The Morgan fingerprint density at radius 1 is 1.73 bits per heavy atom. The van der Waals surface area contributed by atoms with Crippen molar-refractivity contribution < 1.29 is 4.84 Å². The first-order chi connectivity index (χ1) is 5.20. The first-order valence-electron chi connectivity index (χ1n) is 3.71. The summed E-state index contributed by atoms with van der Waals surface area (Å²) in [5, 5.41) is 0. The Morgan fingerprint density at radius 3 is 2.82 bits per heavy atom. The molecule has 64 valence electrons. The molecule has 1 N–H and O–H groups in total. The highest BCUT2D eigenvalue weighted by Crippen LogP contribution is 2.01. The maximum Gasteiger partial charge on any atom is 0.123 e. The van der Waals surface area contributed by atoms with Crippen molar-refractivity contribution in [1.82, 2.24) is 5.48 Å². The molecule has 0 aliphatic rings. The van der Waals surface area contributed by atoms with Gasteiger partial charge in [0, 0.05) is 0 Å². The lowest BCUT2D eigenvalue weighted by Crippen LogP contribution is -2.17. The average Bonchev–Trinajstić information content (AvgIpc) is 2.01. The molecule has 1 unspecified atom stereocenters. The van der Waals surface area contributed by atoms with Crippen molar-refractivity contribution in [3.8, 4) is 0 Å². The molecule has 0 saturated heterocycles. The van der Waals surface area contributed by atoms with Crippen LogP contribution in [0.5, 0.6) is 0 Å². The van der Waals surface area contributed by atoms with E-state index in [0.29, 0.717) is 10.9 Å². The predicted octanol–water partition coefficient (Wildman–Crippen LogP) is 2.07. The highest BCUT2D eigenvalue weighted by Gasteiger charge is 1.91. The number of rotatable bonds is 4. The Labute approximate surface area is 73.6 Å². The van der Waals surface area contributed by atoms with Crippen LogP contribution in [0.2, 0.25) is 0 Å². The normalized spacial score (nSPS) is 13.4. The maximum absolute atomic E-state index is 4.90. The van der Waals surface area contributed by atoms with Crippen LogP contribution in [0.15, 0.2) is 12.2 Å². The van der Waals surface area contributed by atoms with E-state index in [1.54, 1.807) is 7.11 Å². The Bertz CT molecular complexity index is 145. The Morgan fingerprint density at radius 2 is 2.36 bits per heavy atom. The smallest absolute Gasteiger partial charge is 0.123 e. The monoisotopic (exact) mass is 173 g/mol. The number of nitrogens with one attached hydrogen (secondary N) is 1.